The van der Waals surface area contributed by atoms with Crippen molar-refractivity contribution in [3.8, 4) is 0 Å². The Morgan fingerprint density at radius 2 is 1.95 bits per heavy atom. The van der Waals surface area contributed by atoms with Gasteiger partial charge >= 0.3 is 12.1 Å². The fraction of sp³-hybridized carbons (Fsp3) is 0.400. The van der Waals surface area contributed by atoms with Gasteiger partial charge in [0.25, 0.3) is 0 Å². The molecule has 0 saturated heterocycles. The van der Waals surface area contributed by atoms with Crippen LogP contribution in [0.25, 0.3) is 0 Å². The van der Waals surface area contributed by atoms with Crippen LogP contribution in [0.15, 0.2) is 42.5 Å². The van der Waals surface area contributed by atoms with Gasteiger partial charge in [-0.2, -0.15) is 13.2 Å². The SMILES string of the molecule is COCC(=O)O[C@H](/C=C/C(F)(F)F)COCc1ccccc1. The van der Waals surface area contributed by atoms with Gasteiger partial charge in [0, 0.05) is 13.2 Å². The maximum atomic E-state index is 12.2. The van der Waals surface area contributed by atoms with Gasteiger partial charge in [0.15, 0.2) is 0 Å². The third kappa shape index (κ3) is 8.43. The summed E-state index contributed by atoms with van der Waals surface area (Å²) in [5.74, 6) is -0.761. The van der Waals surface area contributed by atoms with Gasteiger partial charge in [0.2, 0.25) is 0 Å². The molecule has 0 spiro atoms. The smallest absolute Gasteiger partial charge is 0.409 e. The molecule has 0 fully saturated rings. The van der Waals surface area contributed by atoms with Gasteiger partial charge in [-0.1, -0.05) is 30.3 Å². The molecule has 22 heavy (non-hydrogen) atoms. The van der Waals surface area contributed by atoms with E-state index in [-0.39, 0.29) is 25.9 Å². The van der Waals surface area contributed by atoms with Crippen molar-refractivity contribution in [1.29, 1.82) is 0 Å². The van der Waals surface area contributed by atoms with E-state index in [9.17, 15) is 18.0 Å². The quantitative estimate of drug-likeness (QED) is 0.546. The molecule has 0 aliphatic rings. The third-order valence-corrected chi connectivity index (χ3v) is 2.44. The molecule has 0 saturated carbocycles. The van der Waals surface area contributed by atoms with E-state index < -0.39 is 18.2 Å². The van der Waals surface area contributed by atoms with E-state index in [1.54, 1.807) is 0 Å². The summed E-state index contributed by atoms with van der Waals surface area (Å²) < 4.78 is 51.3. The summed E-state index contributed by atoms with van der Waals surface area (Å²) >= 11 is 0. The summed E-state index contributed by atoms with van der Waals surface area (Å²) in [5.41, 5.74) is 0.865. The van der Waals surface area contributed by atoms with Crippen LogP contribution in [0.2, 0.25) is 0 Å². The van der Waals surface area contributed by atoms with Crippen molar-refractivity contribution >= 4 is 5.97 Å². The molecule has 1 rings (SSSR count). The van der Waals surface area contributed by atoms with E-state index in [0.29, 0.717) is 0 Å². The molecule has 0 aliphatic carbocycles. The summed E-state index contributed by atoms with van der Waals surface area (Å²) in [6.45, 7) is -0.314. The third-order valence-electron chi connectivity index (χ3n) is 2.44. The highest BCUT2D eigenvalue weighted by atomic mass is 19.4. The zero-order chi connectivity index (χ0) is 16.4. The van der Waals surface area contributed by atoms with E-state index in [1.807, 2.05) is 30.3 Å². The van der Waals surface area contributed by atoms with Gasteiger partial charge in [-0.15, -0.1) is 0 Å². The van der Waals surface area contributed by atoms with E-state index >= 15 is 0 Å². The van der Waals surface area contributed by atoms with Crippen LogP contribution in [0.5, 0.6) is 0 Å². The monoisotopic (exact) mass is 318 g/mol. The molecule has 4 nitrogen and oxygen atoms in total. The Labute approximate surface area is 126 Å². The predicted molar refractivity (Wildman–Crippen MR) is 73.0 cm³/mol. The number of hydrogen-bond acceptors (Lipinski definition) is 4. The van der Waals surface area contributed by atoms with Crippen LogP contribution in [0.4, 0.5) is 13.2 Å². The first-order valence-corrected chi connectivity index (χ1v) is 6.47. The summed E-state index contributed by atoms with van der Waals surface area (Å²) in [7, 11) is 1.29. The molecule has 0 aromatic heterocycles. The first kappa shape index (κ1) is 18.2. The zero-order valence-electron chi connectivity index (χ0n) is 12.0. The summed E-state index contributed by atoms with van der Waals surface area (Å²) in [4.78, 5) is 11.3. The maximum Gasteiger partial charge on any atom is 0.409 e. The van der Waals surface area contributed by atoms with E-state index in [0.717, 1.165) is 11.6 Å². The average molecular weight is 318 g/mol. The van der Waals surface area contributed by atoms with Gasteiger partial charge in [0.1, 0.15) is 12.7 Å². The fourth-order valence-corrected chi connectivity index (χ4v) is 1.53. The minimum atomic E-state index is -4.48. The second-order valence-electron chi connectivity index (χ2n) is 4.36. The summed E-state index contributed by atoms with van der Waals surface area (Å²) in [6, 6.07) is 9.11. The molecule has 0 aliphatic heterocycles. The number of halogens is 3. The normalized spacial score (nSPS) is 13.3. The van der Waals surface area contributed by atoms with Crippen LogP contribution >= 0.6 is 0 Å². The average Bonchev–Trinajstić information content (AvgIpc) is 2.45. The number of benzene rings is 1. The molecular weight excluding hydrogens is 301 g/mol. The number of esters is 1. The van der Waals surface area contributed by atoms with Crippen LogP contribution in [-0.2, 0) is 25.6 Å². The maximum absolute atomic E-state index is 12.2. The highest BCUT2D eigenvalue weighted by Gasteiger charge is 2.23. The number of allylic oxidation sites excluding steroid dienone is 1. The van der Waals surface area contributed by atoms with Crippen LogP contribution in [-0.4, -0.2) is 38.6 Å². The Morgan fingerprint density at radius 1 is 1.27 bits per heavy atom. The van der Waals surface area contributed by atoms with Gasteiger partial charge in [-0.25, -0.2) is 4.79 Å². The Morgan fingerprint density at radius 3 is 2.55 bits per heavy atom. The Balaban J connectivity index is 2.53. The lowest BCUT2D eigenvalue weighted by Gasteiger charge is -2.15. The first-order chi connectivity index (χ1) is 10.4. The number of rotatable bonds is 8. The van der Waals surface area contributed by atoms with Crippen molar-refractivity contribution in [2.45, 2.75) is 18.9 Å². The molecule has 122 valence electrons. The van der Waals surface area contributed by atoms with Crippen LogP contribution in [0.3, 0.4) is 0 Å². The van der Waals surface area contributed by atoms with Crippen molar-refractivity contribution < 1.29 is 32.2 Å². The first-order valence-electron chi connectivity index (χ1n) is 6.47. The molecular formula is C15H17F3O4. The van der Waals surface area contributed by atoms with Gasteiger partial charge in [-0.05, 0) is 11.6 Å². The number of ether oxygens (including phenoxy) is 3. The van der Waals surface area contributed by atoms with Crippen molar-refractivity contribution in [2.75, 3.05) is 20.3 Å². The van der Waals surface area contributed by atoms with Crippen LogP contribution in [0, 0.1) is 0 Å². The molecule has 0 radical (unpaired) electrons. The molecule has 0 N–H and O–H groups in total. The molecule has 0 unspecified atom stereocenters. The molecule has 0 amide bonds. The predicted octanol–water partition coefficient (Wildman–Crippen LogP) is 2.88. The van der Waals surface area contributed by atoms with Crippen molar-refractivity contribution in [3.63, 3.8) is 0 Å². The second kappa shape index (κ2) is 9.22. The number of carbonyl (C=O) groups is 1. The lowest BCUT2D eigenvalue weighted by atomic mass is 10.2. The molecule has 1 aromatic carbocycles. The summed E-state index contributed by atoms with van der Waals surface area (Å²) in [6.07, 6.45) is -4.85. The van der Waals surface area contributed by atoms with Crippen LogP contribution < -0.4 is 0 Å². The van der Waals surface area contributed by atoms with E-state index in [4.69, 9.17) is 9.47 Å². The topological polar surface area (TPSA) is 44.8 Å². The Hall–Kier alpha value is -1.86. The number of hydrogen-bond donors (Lipinski definition) is 0. The number of carbonyl (C=O) groups excluding carboxylic acids is 1. The lowest BCUT2D eigenvalue weighted by molar-refractivity contribution is -0.154. The Kier molecular flexibility index (Phi) is 7.62. The minimum absolute atomic E-state index is 0.0175. The van der Waals surface area contributed by atoms with Gasteiger partial charge in [-0.3, -0.25) is 0 Å². The molecule has 7 heteroatoms. The largest absolute Gasteiger partial charge is 0.454 e. The van der Waals surface area contributed by atoms with E-state index in [1.165, 1.54) is 7.11 Å². The molecule has 0 heterocycles. The lowest BCUT2D eigenvalue weighted by Crippen LogP contribution is -2.24. The number of methoxy groups -OCH3 is 1. The summed E-state index contributed by atoms with van der Waals surface area (Å²) in [5, 5.41) is 0. The van der Waals surface area contributed by atoms with Crippen molar-refractivity contribution in [1.82, 2.24) is 0 Å². The van der Waals surface area contributed by atoms with Crippen molar-refractivity contribution in [3.05, 3.63) is 48.0 Å². The minimum Gasteiger partial charge on any atom is -0.454 e. The zero-order valence-corrected chi connectivity index (χ0v) is 12.0. The van der Waals surface area contributed by atoms with E-state index in [2.05, 4.69) is 4.74 Å². The molecule has 0 bridgehead atoms. The highest BCUT2D eigenvalue weighted by molar-refractivity contribution is 5.71. The standard InChI is InChI=1S/C15H17F3O4/c1-20-11-14(19)22-13(7-8-15(16,17)18)10-21-9-12-5-3-2-4-6-12/h2-8,13H,9-11H2,1H3/b8-7+/t13-/m1/s1. The van der Waals surface area contributed by atoms with Crippen LogP contribution in [0.1, 0.15) is 5.56 Å². The molecule has 1 atom stereocenters. The van der Waals surface area contributed by atoms with Crippen molar-refractivity contribution in [2.24, 2.45) is 0 Å². The van der Waals surface area contributed by atoms with Gasteiger partial charge < -0.3 is 14.2 Å². The highest BCUT2D eigenvalue weighted by Crippen LogP contribution is 2.17. The fourth-order valence-electron chi connectivity index (χ4n) is 1.53. The second-order valence-corrected chi connectivity index (χ2v) is 4.36. The van der Waals surface area contributed by atoms with Gasteiger partial charge in [0.05, 0.1) is 13.2 Å². The number of alkyl halides is 3. The Bertz CT molecular complexity index is 471. The molecule has 1 aromatic rings.